The molecule has 7 nitrogen and oxygen atoms in total. The van der Waals surface area contributed by atoms with E-state index in [0.717, 1.165) is 22.3 Å². The predicted octanol–water partition coefficient (Wildman–Crippen LogP) is 4.31. The molecular formula is C17H23BrN4O3. The van der Waals surface area contributed by atoms with Crippen LogP contribution in [-0.2, 0) is 9.53 Å². The van der Waals surface area contributed by atoms with Gasteiger partial charge in [0.15, 0.2) is 0 Å². The molecule has 0 bridgehead atoms. The molecule has 136 valence electrons. The molecule has 1 aromatic rings. The molecule has 1 amide bonds. The van der Waals surface area contributed by atoms with E-state index in [-0.39, 0.29) is 25.0 Å². The normalized spacial score (nSPS) is 10.8. The monoisotopic (exact) mass is 410 g/mol. The molecule has 0 radical (unpaired) electrons. The molecule has 0 saturated carbocycles. The lowest BCUT2D eigenvalue weighted by molar-refractivity contribution is -0.145. The second kappa shape index (κ2) is 8.36. The zero-order valence-corrected chi connectivity index (χ0v) is 16.9. The number of esters is 1. The molecule has 0 fully saturated rings. The van der Waals surface area contributed by atoms with Gasteiger partial charge in [-0.15, -0.1) is 0 Å². The minimum absolute atomic E-state index is 0.0898. The number of amides is 1. The van der Waals surface area contributed by atoms with Crippen LogP contribution in [0.25, 0.3) is 10.4 Å². The molecule has 8 heteroatoms. The number of rotatable bonds is 6. The Morgan fingerprint density at radius 1 is 1.16 bits per heavy atom. The average Bonchev–Trinajstić information content (AvgIpc) is 2.52. The topological polar surface area (TPSA) is 104 Å². The van der Waals surface area contributed by atoms with E-state index in [0.29, 0.717) is 11.3 Å². The van der Waals surface area contributed by atoms with Crippen LogP contribution in [0.2, 0.25) is 0 Å². The summed E-state index contributed by atoms with van der Waals surface area (Å²) in [5, 5.41) is 6.49. The Hall–Kier alpha value is -2.05. The lowest BCUT2D eigenvalue weighted by atomic mass is 9.92. The zero-order valence-electron chi connectivity index (χ0n) is 15.4. The predicted molar refractivity (Wildman–Crippen MR) is 100 cm³/mol. The van der Waals surface area contributed by atoms with Gasteiger partial charge >= 0.3 is 5.97 Å². The minimum atomic E-state index is -0.754. The smallest absolute Gasteiger partial charge is 0.322 e. The van der Waals surface area contributed by atoms with Crippen molar-refractivity contribution in [1.29, 1.82) is 0 Å². The summed E-state index contributed by atoms with van der Waals surface area (Å²) in [6, 6.07) is 0. The van der Waals surface area contributed by atoms with Gasteiger partial charge in [-0.25, -0.2) is 0 Å². The summed E-state index contributed by atoms with van der Waals surface area (Å²) in [6.07, 6.45) is 0. The van der Waals surface area contributed by atoms with Crippen molar-refractivity contribution < 1.29 is 14.3 Å². The van der Waals surface area contributed by atoms with E-state index in [9.17, 15) is 9.59 Å². The number of carbonyl (C=O) groups excluding carboxylic acids is 2. The van der Waals surface area contributed by atoms with E-state index >= 15 is 0 Å². The van der Waals surface area contributed by atoms with Crippen molar-refractivity contribution in [3.8, 4) is 0 Å². The fraction of sp³-hybridized carbons (Fsp3) is 0.529. The van der Waals surface area contributed by atoms with Gasteiger partial charge in [-0.3, -0.25) is 9.59 Å². The summed E-state index contributed by atoms with van der Waals surface area (Å²) < 4.78 is 4.34. The fourth-order valence-electron chi connectivity index (χ4n) is 2.40. The zero-order chi connectivity index (χ0) is 19.4. The van der Waals surface area contributed by atoms with Gasteiger partial charge < -0.3 is 10.1 Å². The van der Waals surface area contributed by atoms with Crippen LogP contribution >= 0.6 is 15.9 Å². The number of nitrogens with zero attached hydrogens (tertiary/aromatic N) is 3. The lowest BCUT2D eigenvalue weighted by Crippen LogP contribution is -2.32. The van der Waals surface area contributed by atoms with E-state index in [1.165, 1.54) is 0 Å². The van der Waals surface area contributed by atoms with E-state index < -0.39 is 4.32 Å². The number of hydrogen-bond donors (Lipinski definition) is 1. The van der Waals surface area contributed by atoms with Gasteiger partial charge in [0, 0.05) is 16.2 Å². The maximum absolute atomic E-state index is 12.5. The van der Waals surface area contributed by atoms with Gasteiger partial charge in [-0.05, 0) is 69.3 Å². The summed E-state index contributed by atoms with van der Waals surface area (Å²) in [6.45, 7) is 11.0. The molecule has 0 saturated heterocycles. The molecule has 0 heterocycles. The minimum Gasteiger partial charge on any atom is -0.463 e. The van der Waals surface area contributed by atoms with Crippen LogP contribution in [-0.4, -0.2) is 29.4 Å². The summed E-state index contributed by atoms with van der Waals surface area (Å²) >= 11 is 3.22. The van der Waals surface area contributed by atoms with Crippen LogP contribution in [0, 0.1) is 27.7 Å². The first-order chi connectivity index (χ1) is 11.5. The maximum Gasteiger partial charge on any atom is 0.322 e. The Balaban J connectivity index is 2.90. The van der Waals surface area contributed by atoms with Crippen LogP contribution in [0.15, 0.2) is 5.11 Å². The Morgan fingerprint density at radius 2 is 1.68 bits per heavy atom. The number of azide groups is 1. The van der Waals surface area contributed by atoms with Gasteiger partial charge in [0.25, 0.3) is 5.91 Å². The van der Waals surface area contributed by atoms with Crippen molar-refractivity contribution in [2.75, 3.05) is 13.2 Å². The summed E-state index contributed by atoms with van der Waals surface area (Å²) in [5.41, 5.74) is 12.9. The van der Waals surface area contributed by atoms with Gasteiger partial charge in [-0.2, -0.15) is 0 Å². The molecule has 1 N–H and O–H groups in total. The Kier molecular flexibility index (Phi) is 7.02. The molecular weight excluding hydrogens is 388 g/mol. The third kappa shape index (κ3) is 4.96. The first kappa shape index (κ1) is 21.0. The molecule has 0 spiro atoms. The number of halogens is 1. The summed E-state index contributed by atoms with van der Waals surface area (Å²) in [5.74, 6) is -0.637. The van der Waals surface area contributed by atoms with Gasteiger partial charge in [0.05, 0.1) is 6.54 Å². The SMILES string of the molecule is Cc1c(C)c(C(=O)NCCOC(=O)C(C)(C)Br)c(C)c(C)c1N=[N+]=[N-]. The van der Waals surface area contributed by atoms with Crippen molar-refractivity contribution in [1.82, 2.24) is 5.32 Å². The molecule has 0 aliphatic heterocycles. The highest BCUT2D eigenvalue weighted by Gasteiger charge is 2.25. The highest BCUT2D eigenvalue weighted by atomic mass is 79.9. The summed E-state index contributed by atoms with van der Waals surface area (Å²) in [7, 11) is 0. The number of hydrogen-bond acceptors (Lipinski definition) is 4. The number of carbonyl (C=O) groups is 2. The van der Waals surface area contributed by atoms with Crippen molar-refractivity contribution >= 4 is 33.5 Å². The van der Waals surface area contributed by atoms with Crippen LogP contribution in [0.5, 0.6) is 0 Å². The molecule has 1 aromatic carbocycles. The highest BCUT2D eigenvalue weighted by molar-refractivity contribution is 9.10. The second-order valence-corrected chi connectivity index (χ2v) is 8.26. The second-order valence-electron chi connectivity index (χ2n) is 6.28. The third-order valence-electron chi connectivity index (χ3n) is 4.06. The molecule has 0 unspecified atom stereocenters. The Labute approximate surface area is 155 Å². The number of nitrogens with one attached hydrogen (secondary N) is 1. The van der Waals surface area contributed by atoms with E-state index in [1.807, 2.05) is 27.7 Å². The number of ether oxygens (including phenoxy) is 1. The summed E-state index contributed by atoms with van der Waals surface area (Å²) in [4.78, 5) is 27.0. The van der Waals surface area contributed by atoms with Crippen molar-refractivity contribution in [2.45, 2.75) is 45.9 Å². The van der Waals surface area contributed by atoms with E-state index in [2.05, 4.69) is 31.3 Å². The van der Waals surface area contributed by atoms with Gasteiger partial charge in [-0.1, -0.05) is 21.0 Å². The first-order valence-electron chi connectivity index (χ1n) is 7.82. The van der Waals surface area contributed by atoms with Crippen LogP contribution in [0.4, 0.5) is 5.69 Å². The van der Waals surface area contributed by atoms with Crippen molar-refractivity contribution in [2.24, 2.45) is 5.11 Å². The molecule has 25 heavy (non-hydrogen) atoms. The first-order valence-corrected chi connectivity index (χ1v) is 8.61. The van der Waals surface area contributed by atoms with E-state index in [4.69, 9.17) is 10.3 Å². The quantitative estimate of drug-likeness (QED) is 0.188. The molecule has 0 aliphatic rings. The molecule has 0 aliphatic carbocycles. The Bertz CT molecular complexity index is 718. The standard InChI is InChI=1S/C17H23BrN4O3/c1-9-11(3)14(21-22-19)12(4)10(2)13(9)15(23)20-7-8-25-16(24)17(5,6)18/h7-8H2,1-6H3,(H,20,23). The average molecular weight is 411 g/mol. The van der Waals surface area contributed by atoms with E-state index in [1.54, 1.807) is 13.8 Å². The van der Waals surface area contributed by atoms with Crippen LogP contribution < -0.4 is 5.32 Å². The Morgan fingerprint density at radius 3 is 2.12 bits per heavy atom. The number of benzene rings is 1. The third-order valence-corrected chi connectivity index (χ3v) is 4.39. The molecule has 0 aromatic heterocycles. The largest absolute Gasteiger partial charge is 0.463 e. The van der Waals surface area contributed by atoms with Crippen molar-refractivity contribution in [3.63, 3.8) is 0 Å². The fourth-order valence-corrected chi connectivity index (χ4v) is 2.51. The molecule has 0 atom stereocenters. The van der Waals surface area contributed by atoms with Crippen molar-refractivity contribution in [3.05, 3.63) is 38.3 Å². The molecule has 1 rings (SSSR count). The maximum atomic E-state index is 12.5. The lowest BCUT2D eigenvalue weighted by Gasteiger charge is -2.18. The van der Waals surface area contributed by atoms with Crippen LogP contribution in [0.3, 0.4) is 0 Å². The highest BCUT2D eigenvalue weighted by Crippen LogP contribution is 2.32. The van der Waals surface area contributed by atoms with Gasteiger partial charge in [0.1, 0.15) is 10.9 Å². The van der Waals surface area contributed by atoms with Gasteiger partial charge in [0.2, 0.25) is 0 Å². The van der Waals surface area contributed by atoms with Crippen LogP contribution in [0.1, 0.15) is 46.5 Å². The number of alkyl halides is 1.